The quantitative estimate of drug-likeness (QED) is 0.791. The summed E-state index contributed by atoms with van der Waals surface area (Å²) in [7, 11) is 0. The van der Waals surface area contributed by atoms with E-state index < -0.39 is 0 Å². The summed E-state index contributed by atoms with van der Waals surface area (Å²) in [6, 6.07) is 11.8. The Labute approximate surface area is 99.5 Å². The van der Waals surface area contributed by atoms with Crippen molar-refractivity contribution >= 4 is 22.5 Å². The molecule has 2 nitrogen and oxygen atoms in total. The first-order valence-electron chi connectivity index (χ1n) is 5.14. The molecule has 0 N–H and O–H groups in total. The van der Waals surface area contributed by atoms with E-state index in [1.807, 2.05) is 37.3 Å². The Kier molecular flexibility index (Phi) is 3.07. The van der Waals surface area contributed by atoms with Crippen LogP contribution in [0.1, 0.15) is 12.6 Å². The largest absolute Gasteiger partial charge is 0.253 e. The monoisotopic (exact) mass is 230 g/mol. The number of hydrogen-bond acceptors (Lipinski definition) is 2. The highest BCUT2D eigenvalue weighted by Crippen LogP contribution is 2.18. The molecule has 16 heavy (non-hydrogen) atoms. The van der Waals surface area contributed by atoms with Crippen molar-refractivity contribution in [3.05, 3.63) is 41.0 Å². The minimum Gasteiger partial charge on any atom is -0.253 e. The fraction of sp³-hybridized carbons (Fsp3) is 0.231. The number of pyridine rings is 1. The zero-order valence-corrected chi connectivity index (χ0v) is 9.70. The van der Waals surface area contributed by atoms with Crippen molar-refractivity contribution in [3.8, 4) is 6.07 Å². The van der Waals surface area contributed by atoms with Crippen molar-refractivity contribution in [1.29, 1.82) is 5.26 Å². The molecule has 0 aliphatic carbocycles. The van der Waals surface area contributed by atoms with E-state index in [1.54, 1.807) is 0 Å². The Morgan fingerprint density at radius 2 is 2.12 bits per heavy atom. The van der Waals surface area contributed by atoms with Crippen LogP contribution in [0.2, 0.25) is 5.02 Å². The van der Waals surface area contributed by atoms with Gasteiger partial charge in [0.1, 0.15) is 0 Å². The second-order valence-electron chi connectivity index (χ2n) is 3.87. The highest BCUT2D eigenvalue weighted by molar-refractivity contribution is 6.31. The van der Waals surface area contributed by atoms with Gasteiger partial charge in [0.2, 0.25) is 0 Å². The first kappa shape index (κ1) is 10.9. The van der Waals surface area contributed by atoms with Crippen molar-refractivity contribution in [2.45, 2.75) is 13.3 Å². The molecular formula is C13H11ClN2. The number of halogens is 1. The van der Waals surface area contributed by atoms with E-state index in [0.29, 0.717) is 11.4 Å². The lowest BCUT2D eigenvalue weighted by Crippen LogP contribution is -1.98. The molecule has 0 bridgehead atoms. The van der Waals surface area contributed by atoms with E-state index in [2.05, 4.69) is 11.1 Å². The van der Waals surface area contributed by atoms with E-state index in [0.717, 1.165) is 16.6 Å². The number of rotatable bonds is 2. The SMILES string of the molecule is CC(C#N)Cc1ccc2ccc(Cl)cc2n1. The highest BCUT2D eigenvalue weighted by Gasteiger charge is 2.04. The average Bonchev–Trinajstić information content (AvgIpc) is 2.28. The molecule has 2 aromatic rings. The number of benzene rings is 1. The molecule has 0 radical (unpaired) electrons. The van der Waals surface area contributed by atoms with Crippen LogP contribution in [0.25, 0.3) is 10.9 Å². The van der Waals surface area contributed by atoms with Crippen LogP contribution in [0.4, 0.5) is 0 Å². The molecule has 1 unspecified atom stereocenters. The number of hydrogen-bond donors (Lipinski definition) is 0. The van der Waals surface area contributed by atoms with Crippen molar-refractivity contribution in [1.82, 2.24) is 4.98 Å². The van der Waals surface area contributed by atoms with Gasteiger partial charge in [-0.2, -0.15) is 5.26 Å². The Morgan fingerprint density at radius 1 is 1.38 bits per heavy atom. The predicted molar refractivity (Wildman–Crippen MR) is 65.2 cm³/mol. The molecule has 1 heterocycles. The summed E-state index contributed by atoms with van der Waals surface area (Å²) in [6.07, 6.45) is 0.680. The zero-order chi connectivity index (χ0) is 11.5. The van der Waals surface area contributed by atoms with Crippen molar-refractivity contribution < 1.29 is 0 Å². The molecule has 1 aromatic carbocycles. The lowest BCUT2D eigenvalue weighted by Gasteiger charge is -2.04. The van der Waals surface area contributed by atoms with Crippen LogP contribution in [-0.4, -0.2) is 4.98 Å². The van der Waals surface area contributed by atoms with Crippen LogP contribution in [-0.2, 0) is 6.42 Å². The lowest BCUT2D eigenvalue weighted by molar-refractivity contribution is 0.724. The van der Waals surface area contributed by atoms with Gasteiger partial charge in [0.05, 0.1) is 11.6 Å². The van der Waals surface area contributed by atoms with Gasteiger partial charge in [-0.3, -0.25) is 4.98 Å². The molecule has 0 saturated heterocycles. The summed E-state index contributed by atoms with van der Waals surface area (Å²) < 4.78 is 0. The van der Waals surface area contributed by atoms with Crippen LogP contribution in [0.3, 0.4) is 0 Å². The Balaban J connectivity index is 2.39. The molecule has 80 valence electrons. The number of nitrogens with zero attached hydrogens (tertiary/aromatic N) is 2. The first-order chi connectivity index (χ1) is 7.69. The maximum Gasteiger partial charge on any atom is 0.0720 e. The minimum absolute atomic E-state index is 0.0101. The summed E-state index contributed by atoms with van der Waals surface area (Å²) in [5, 5.41) is 10.5. The molecule has 2 rings (SSSR count). The van der Waals surface area contributed by atoms with Crippen molar-refractivity contribution in [2.24, 2.45) is 5.92 Å². The molecular weight excluding hydrogens is 220 g/mol. The standard InChI is InChI=1S/C13H11ClN2/c1-9(8-15)6-12-5-3-10-2-4-11(14)7-13(10)16-12/h2-5,7,9H,6H2,1H3. The Hall–Kier alpha value is -1.59. The van der Waals surface area contributed by atoms with E-state index in [1.165, 1.54) is 0 Å². The molecule has 1 atom stereocenters. The molecule has 0 aliphatic heterocycles. The summed E-state index contributed by atoms with van der Waals surface area (Å²) in [4.78, 5) is 4.49. The summed E-state index contributed by atoms with van der Waals surface area (Å²) in [5.74, 6) is -0.0101. The first-order valence-corrected chi connectivity index (χ1v) is 5.51. The second kappa shape index (κ2) is 4.51. The van der Waals surface area contributed by atoms with Gasteiger partial charge in [0.15, 0.2) is 0 Å². The molecule has 1 aromatic heterocycles. The van der Waals surface area contributed by atoms with Gasteiger partial charge in [0.25, 0.3) is 0 Å². The predicted octanol–water partition coefficient (Wildman–Crippen LogP) is 3.59. The molecule has 0 fully saturated rings. The van der Waals surface area contributed by atoms with Crippen molar-refractivity contribution in [2.75, 3.05) is 0 Å². The Bertz CT molecular complexity index is 557. The molecule has 0 saturated carbocycles. The topological polar surface area (TPSA) is 36.7 Å². The van der Waals surface area contributed by atoms with Crippen LogP contribution in [0, 0.1) is 17.2 Å². The minimum atomic E-state index is -0.0101. The number of fused-ring (bicyclic) bond motifs is 1. The van der Waals surface area contributed by atoms with E-state index >= 15 is 0 Å². The maximum atomic E-state index is 8.75. The summed E-state index contributed by atoms with van der Waals surface area (Å²) in [6.45, 7) is 1.89. The molecule has 0 spiro atoms. The smallest absolute Gasteiger partial charge is 0.0720 e. The summed E-state index contributed by atoms with van der Waals surface area (Å²) >= 11 is 5.91. The average molecular weight is 231 g/mol. The van der Waals surface area contributed by atoms with Gasteiger partial charge < -0.3 is 0 Å². The Morgan fingerprint density at radius 3 is 2.88 bits per heavy atom. The van der Waals surface area contributed by atoms with Gasteiger partial charge in [-0.15, -0.1) is 0 Å². The van der Waals surface area contributed by atoms with Gasteiger partial charge >= 0.3 is 0 Å². The lowest BCUT2D eigenvalue weighted by atomic mass is 10.1. The molecule has 3 heteroatoms. The van der Waals surface area contributed by atoms with Gasteiger partial charge in [0, 0.05) is 28.4 Å². The van der Waals surface area contributed by atoms with Crippen LogP contribution >= 0.6 is 11.6 Å². The van der Waals surface area contributed by atoms with Crippen LogP contribution in [0.15, 0.2) is 30.3 Å². The van der Waals surface area contributed by atoms with E-state index in [9.17, 15) is 0 Å². The molecule has 0 aliphatic rings. The summed E-state index contributed by atoms with van der Waals surface area (Å²) in [5.41, 5.74) is 1.82. The third-order valence-corrected chi connectivity index (χ3v) is 2.68. The number of aromatic nitrogens is 1. The van der Waals surface area contributed by atoms with E-state index in [-0.39, 0.29) is 5.92 Å². The van der Waals surface area contributed by atoms with E-state index in [4.69, 9.17) is 16.9 Å². The molecule has 0 amide bonds. The third-order valence-electron chi connectivity index (χ3n) is 2.45. The van der Waals surface area contributed by atoms with Gasteiger partial charge in [-0.1, -0.05) is 23.7 Å². The zero-order valence-electron chi connectivity index (χ0n) is 8.94. The van der Waals surface area contributed by atoms with Crippen LogP contribution < -0.4 is 0 Å². The highest BCUT2D eigenvalue weighted by atomic mass is 35.5. The van der Waals surface area contributed by atoms with Crippen molar-refractivity contribution in [3.63, 3.8) is 0 Å². The van der Waals surface area contributed by atoms with Gasteiger partial charge in [-0.25, -0.2) is 0 Å². The third kappa shape index (κ3) is 2.32. The fourth-order valence-corrected chi connectivity index (χ4v) is 1.77. The van der Waals surface area contributed by atoms with Gasteiger partial charge in [-0.05, 0) is 25.1 Å². The van der Waals surface area contributed by atoms with Crippen LogP contribution in [0.5, 0.6) is 0 Å². The second-order valence-corrected chi connectivity index (χ2v) is 4.31. The fourth-order valence-electron chi connectivity index (χ4n) is 1.61. The number of nitriles is 1. The maximum absolute atomic E-state index is 8.75. The normalized spacial score (nSPS) is 12.3.